The molecule has 0 aromatic heterocycles. The summed E-state index contributed by atoms with van der Waals surface area (Å²) >= 11 is 17.7. The number of hydrogen-bond acceptors (Lipinski definition) is 7. The molecule has 174 valence electrons. The van der Waals surface area contributed by atoms with Crippen molar-refractivity contribution in [2.24, 2.45) is 0 Å². The number of carbonyl (C=O) groups is 4. The van der Waals surface area contributed by atoms with E-state index in [9.17, 15) is 27.6 Å². The van der Waals surface area contributed by atoms with Crippen molar-refractivity contribution < 1.29 is 32.3 Å². The quantitative estimate of drug-likeness (QED) is 0.290. The fourth-order valence-electron chi connectivity index (χ4n) is 3.17. The lowest BCUT2D eigenvalue weighted by atomic mass is 10.1. The van der Waals surface area contributed by atoms with Crippen molar-refractivity contribution in [1.82, 2.24) is 4.90 Å². The lowest BCUT2D eigenvalue weighted by Crippen LogP contribution is -2.46. The standard InChI is InChI=1S/C21H16Cl3NO7S/c1-33(30,31)7-6-17(21(29)32-10-18(26)11-2-4-12(22)5-3-11)25-19(27)13-8-15(23)16(24)9-14(13)20(25)28/h2-5,8-9,17H,6-7,10H2,1H3/t17-/m0/s1. The van der Waals surface area contributed by atoms with E-state index in [0.717, 1.165) is 6.26 Å². The van der Waals surface area contributed by atoms with E-state index in [2.05, 4.69) is 0 Å². The smallest absolute Gasteiger partial charge is 0.329 e. The van der Waals surface area contributed by atoms with Crippen LogP contribution in [-0.4, -0.2) is 61.5 Å². The minimum absolute atomic E-state index is 0.0299. The number of esters is 1. The Balaban J connectivity index is 1.84. The van der Waals surface area contributed by atoms with Crippen LogP contribution in [0.25, 0.3) is 0 Å². The third kappa shape index (κ3) is 5.73. The Labute approximate surface area is 204 Å². The maximum Gasteiger partial charge on any atom is 0.329 e. The van der Waals surface area contributed by atoms with Crippen LogP contribution in [0.15, 0.2) is 36.4 Å². The van der Waals surface area contributed by atoms with Crippen LogP contribution in [0.5, 0.6) is 0 Å². The van der Waals surface area contributed by atoms with Crippen LogP contribution < -0.4 is 0 Å². The molecular weight excluding hydrogens is 517 g/mol. The van der Waals surface area contributed by atoms with E-state index in [-0.39, 0.29) is 26.7 Å². The highest BCUT2D eigenvalue weighted by Gasteiger charge is 2.44. The van der Waals surface area contributed by atoms with Gasteiger partial charge in [-0.2, -0.15) is 0 Å². The molecule has 12 heteroatoms. The van der Waals surface area contributed by atoms with Gasteiger partial charge in [-0.3, -0.25) is 19.3 Å². The molecule has 0 bridgehead atoms. The van der Waals surface area contributed by atoms with Crippen LogP contribution in [0.2, 0.25) is 15.1 Å². The summed E-state index contributed by atoms with van der Waals surface area (Å²) in [7, 11) is -3.56. The number of rotatable bonds is 8. The summed E-state index contributed by atoms with van der Waals surface area (Å²) in [5.41, 5.74) is 0.0671. The van der Waals surface area contributed by atoms with E-state index in [0.29, 0.717) is 9.92 Å². The van der Waals surface area contributed by atoms with Crippen LogP contribution in [0.3, 0.4) is 0 Å². The van der Waals surface area contributed by atoms with E-state index in [1.165, 1.54) is 36.4 Å². The molecule has 0 spiro atoms. The maximum atomic E-state index is 12.9. The predicted octanol–water partition coefficient (Wildman–Crippen LogP) is 3.47. The van der Waals surface area contributed by atoms with Gasteiger partial charge in [-0.1, -0.05) is 34.8 Å². The van der Waals surface area contributed by atoms with Crippen molar-refractivity contribution in [1.29, 1.82) is 0 Å². The zero-order valence-corrected chi connectivity index (χ0v) is 20.1. The maximum absolute atomic E-state index is 12.9. The molecule has 0 saturated carbocycles. The molecule has 8 nitrogen and oxygen atoms in total. The van der Waals surface area contributed by atoms with Gasteiger partial charge in [0.1, 0.15) is 15.9 Å². The first-order valence-electron chi connectivity index (χ1n) is 9.39. The van der Waals surface area contributed by atoms with Gasteiger partial charge in [0, 0.05) is 16.8 Å². The first kappa shape index (κ1) is 25.2. The minimum Gasteiger partial charge on any atom is -0.456 e. The zero-order chi connectivity index (χ0) is 24.5. The van der Waals surface area contributed by atoms with Crippen molar-refractivity contribution in [3.63, 3.8) is 0 Å². The second kappa shape index (κ2) is 9.80. The van der Waals surface area contributed by atoms with Crippen LogP contribution in [-0.2, 0) is 19.4 Å². The molecule has 2 amide bonds. The number of carbonyl (C=O) groups excluding carboxylic acids is 4. The van der Waals surface area contributed by atoms with Gasteiger partial charge < -0.3 is 4.74 Å². The summed E-state index contributed by atoms with van der Waals surface area (Å²) in [6, 6.07) is 6.67. The largest absolute Gasteiger partial charge is 0.456 e. The normalized spacial score (nSPS) is 14.2. The van der Waals surface area contributed by atoms with Gasteiger partial charge in [0.25, 0.3) is 11.8 Å². The molecule has 0 fully saturated rings. The van der Waals surface area contributed by atoms with Gasteiger partial charge in [-0.05, 0) is 42.8 Å². The average molecular weight is 533 g/mol. The molecule has 3 rings (SSSR count). The van der Waals surface area contributed by atoms with Gasteiger partial charge >= 0.3 is 5.97 Å². The predicted molar refractivity (Wildman–Crippen MR) is 122 cm³/mol. The fraction of sp³-hybridized carbons (Fsp3) is 0.238. The second-order valence-electron chi connectivity index (χ2n) is 7.26. The Morgan fingerprint density at radius 3 is 1.97 bits per heavy atom. The summed E-state index contributed by atoms with van der Waals surface area (Å²) in [5.74, 6) is -3.87. The number of fused-ring (bicyclic) bond motifs is 1. The Bertz CT molecular complexity index is 1220. The molecule has 2 aromatic carbocycles. The number of ether oxygens (including phenoxy) is 1. The first-order chi connectivity index (χ1) is 15.4. The third-order valence-corrected chi connectivity index (χ3v) is 6.77. The summed E-state index contributed by atoms with van der Waals surface area (Å²) in [5, 5.41) is 0.472. The Hall–Kier alpha value is -2.46. The van der Waals surface area contributed by atoms with Crippen molar-refractivity contribution >= 4 is 68.2 Å². The zero-order valence-electron chi connectivity index (χ0n) is 17.0. The Morgan fingerprint density at radius 1 is 0.970 bits per heavy atom. The van der Waals surface area contributed by atoms with Gasteiger partial charge in [0.05, 0.1) is 26.9 Å². The number of benzene rings is 2. The molecule has 0 saturated heterocycles. The van der Waals surface area contributed by atoms with Crippen molar-refractivity contribution in [2.45, 2.75) is 12.5 Å². The van der Waals surface area contributed by atoms with Crippen molar-refractivity contribution in [3.05, 3.63) is 68.2 Å². The number of halogens is 3. The van der Waals surface area contributed by atoms with E-state index in [4.69, 9.17) is 39.5 Å². The molecule has 0 aliphatic carbocycles. The molecule has 2 aromatic rings. The van der Waals surface area contributed by atoms with Crippen LogP contribution in [0, 0.1) is 0 Å². The van der Waals surface area contributed by atoms with Crippen LogP contribution in [0.4, 0.5) is 0 Å². The topological polar surface area (TPSA) is 115 Å². The minimum atomic E-state index is -3.56. The number of amides is 2. The molecule has 1 aliphatic heterocycles. The van der Waals surface area contributed by atoms with Crippen LogP contribution >= 0.6 is 34.8 Å². The van der Waals surface area contributed by atoms with Crippen LogP contribution in [0.1, 0.15) is 37.5 Å². The number of Topliss-reactive ketones (excluding diaryl/α,β-unsaturated/α-hetero) is 1. The second-order valence-corrected chi connectivity index (χ2v) is 10.8. The van der Waals surface area contributed by atoms with E-state index in [1.807, 2.05) is 0 Å². The molecule has 33 heavy (non-hydrogen) atoms. The highest BCUT2D eigenvalue weighted by molar-refractivity contribution is 7.90. The number of nitrogens with zero attached hydrogens (tertiary/aromatic N) is 1. The van der Waals surface area contributed by atoms with Gasteiger partial charge in [0.15, 0.2) is 12.4 Å². The monoisotopic (exact) mass is 531 g/mol. The Kier molecular flexibility index (Phi) is 7.48. The summed E-state index contributed by atoms with van der Waals surface area (Å²) in [4.78, 5) is 51.5. The molecule has 1 heterocycles. The SMILES string of the molecule is CS(=O)(=O)CC[C@@H](C(=O)OCC(=O)c1ccc(Cl)cc1)N1C(=O)c2cc(Cl)c(Cl)cc2C1=O. The molecule has 0 N–H and O–H groups in total. The highest BCUT2D eigenvalue weighted by atomic mass is 35.5. The van der Waals surface area contributed by atoms with E-state index in [1.54, 1.807) is 0 Å². The molecule has 0 unspecified atom stereocenters. The third-order valence-electron chi connectivity index (χ3n) is 4.82. The number of imide groups is 1. The summed E-state index contributed by atoms with van der Waals surface area (Å²) in [6.45, 7) is -0.684. The lowest BCUT2D eigenvalue weighted by molar-refractivity contribution is -0.147. The van der Waals surface area contributed by atoms with Gasteiger partial charge in [0.2, 0.25) is 0 Å². The van der Waals surface area contributed by atoms with E-state index < -0.39 is 58.2 Å². The number of ketones is 1. The van der Waals surface area contributed by atoms with Gasteiger partial charge in [-0.15, -0.1) is 0 Å². The molecule has 0 radical (unpaired) electrons. The highest BCUT2D eigenvalue weighted by Crippen LogP contribution is 2.33. The summed E-state index contributed by atoms with van der Waals surface area (Å²) < 4.78 is 28.4. The summed E-state index contributed by atoms with van der Waals surface area (Å²) in [6.07, 6.45) is 0.529. The molecular formula is C21H16Cl3NO7S. The molecule has 1 atom stereocenters. The number of hydrogen-bond donors (Lipinski definition) is 0. The van der Waals surface area contributed by atoms with E-state index >= 15 is 0 Å². The average Bonchev–Trinajstić information content (AvgIpc) is 2.97. The van der Waals surface area contributed by atoms with Gasteiger partial charge in [-0.25, -0.2) is 13.2 Å². The van der Waals surface area contributed by atoms with Crippen molar-refractivity contribution in [3.8, 4) is 0 Å². The molecule has 1 aliphatic rings. The lowest BCUT2D eigenvalue weighted by Gasteiger charge is -2.24. The number of sulfone groups is 1. The Morgan fingerprint density at radius 2 is 1.48 bits per heavy atom. The van der Waals surface area contributed by atoms with Crippen molar-refractivity contribution in [2.75, 3.05) is 18.6 Å². The fourth-order valence-corrected chi connectivity index (χ4v) is 4.27. The first-order valence-corrected chi connectivity index (χ1v) is 12.6.